The number of aromatic nitrogens is 1. The Bertz CT molecular complexity index is 303. The normalized spacial score (nSPS) is 11.5. The first-order chi connectivity index (χ1) is 6.92. The van der Waals surface area contributed by atoms with Crippen molar-refractivity contribution >= 4 is 5.69 Å². The number of likely N-dealkylation sites (N-methyl/N-ethyl adjacent to an activating group) is 1. The van der Waals surface area contributed by atoms with Crippen LogP contribution in [0.2, 0.25) is 0 Å². The molecular formula is C11H19N3O. The van der Waals surface area contributed by atoms with E-state index in [9.17, 15) is 5.11 Å². The number of hydrogen-bond donors (Lipinski definition) is 2. The quantitative estimate of drug-likeness (QED) is 0.768. The minimum absolute atomic E-state index is 0.454. The third kappa shape index (κ3) is 3.85. The summed E-state index contributed by atoms with van der Waals surface area (Å²) < 4.78 is 0. The average molecular weight is 209 g/mol. The van der Waals surface area contributed by atoms with Gasteiger partial charge in [0, 0.05) is 20.1 Å². The Morgan fingerprint density at radius 1 is 1.47 bits per heavy atom. The molecule has 15 heavy (non-hydrogen) atoms. The van der Waals surface area contributed by atoms with E-state index in [-0.39, 0.29) is 0 Å². The zero-order chi connectivity index (χ0) is 11.5. The molecule has 3 N–H and O–H groups in total. The fourth-order valence-electron chi connectivity index (χ4n) is 1.43. The van der Waals surface area contributed by atoms with Gasteiger partial charge < -0.3 is 15.7 Å². The van der Waals surface area contributed by atoms with Crippen molar-refractivity contribution in [2.45, 2.75) is 26.0 Å². The summed E-state index contributed by atoms with van der Waals surface area (Å²) in [5.41, 5.74) is 6.61. The monoisotopic (exact) mass is 209 g/mol. The Labute approximate surface area is 90.7 Å². The fourth-order valence-corrected chi connectivity index (χ4v) is 1.43. The third-order valence-electron chi connectivity index (χ3n) is 2.08. The van der Waals surface area contributed by atoms with Crippen molar-refractivity contribution in [2.24, 2.45) is 5.73 Å². The molecule has 0 aromatic carbocycles. The molecule has 0 amide bonds. The van der Waals surface area contributed by atoms with Gasteiger partial charge in [-0.3, -0.25) is 4.98 Å². The largest absolute Gasteiger partial charge is 0.389 e. The van der Waals surface area contributed by atoms with Crippen LogP contribution >= 0.6 is 0 Å². The van der Waals surface area contributed by atoms with Crippen LogP contribution in [0.1, 0.15) is 19.5 Å². The highest BCUT2D eigenvalue weighted by Crippen LogP contribution is 2.14. The number of nitrogens with zero attached hydrogens (tertiary/aromatic N) is 2. The van der Waals surface area contributed by atoms with Gasteiger partial charge in [-0.05, 0) is 26.0 Å². The topological polar surface area (TPSA) is 62.4 Å². The Hall–Kier alpha value is -1.13. The van der Waals surface area contributed by atoms with Crippen molar-refractivity contribution in [2.75, 3.05) is 18.5 Å². The minimum atomic E-state index is -0.707. The van der Waals surface area contributed by atoms with Crippen LogP contribution in [-0.2, 0) is 6.54 Å². The van der Waals surface area contributed by atoms with Crippen LogP contribution in [0.5, 0.6) is 0 Å². The van der Waals surface area contributed by atoms with Crippen molar-refractivity contribution in [3.05, 3.63) is 24.0 Å². The van der Waals surface area contributed by atoms with Gasteiger partial charge in [0.05, 0.1) is 23.2 Å². The fraction of sp³-hybridized carbons (Fsp3) is 0.545. The van der Waals surface area contributed by atoms with Crippen molar-refractivity contribution in [3.8, 4) is 0 Å². The summed E-state index contributed by atoms with van der Waals surface area (Å²) in [6.45, 7) is 4.59. The average Bonchev–Trinajstić information content (AvgIpc) is 2.15. The lowest BCUT2D eigenvalue weighted by atomic mass is 10.1. The van der Waals surface area contributed by atoms with E-state index in [0.717, 1.165) is 11.4 Å². The summed E-state index contributed by atoms with van der Waals surface area (Å²) in [6.07, 6.45) is 1.77. The molecule has 0 radical (unpaired) electrons. The van der Waals surface area contributed by atoms with Crippen molar-refractivity contribution in [1.29, 1.82) is 0 Å². The smallest absolute Gasteiger partial charge is 0.0765 e. The number of nitrogens with two attached hydrogens (primary N) is 1. The molecule has 0 unspecified atom stereocenters. The van der Waals surface area contributed by atoms with Gasteiger partial charge >= 0.3 is 0 Å². The standard InChI is InChI=1S/C11H19N3O/c1-11(2,15)8-14(3)10-5-4-9(6-12)13-7-10/h4-5,7,15H,6,8,12H2,1-3H3. The molecule has 0 bridgehead atoms. The van der Waals surface area contributed by atoms with E-state index in [1.54, 1.807) is 20.0 Å². The number of aliphatic hydroxyl groups is 1. The lowest BCUT2D eigenvalue weighted by Gasteiger charge is -2.27. The van der Waals surface area contributed by atoms with E-state index in [0.29, 0.717) is 13.1 Å². The molecule has 0 aliphatic carbocycles. The summed E-state index contributed by atoms with van der Waals surface area (Å²) in [5.74, 6) is 0. The lowest BCUT2D eigenvalue weighted by molar-refractivity contribution is 0.0886. The maximum absolute atomic E-state index is 9.67. The van der Waals surface area contributed by atoms with Crippen molar-refractivity contribution < 1.29 is 5.11 Å². The van der Waals surface area contributed by atoms with Gasteiger partial charge in [0.25, 0.3) is 0 Å². The van der Waals surface area contributed by atoms with Crippen molar-refractivity contribution in [3.63, 3.8) is 0 Å². The molecule has 1 heterocycles. The van der Waals surface area contributed by atoms with Crippen LogP contribution in [0.15, 0.2) is 18.3 Å². The van der Waals surface area contributed by atoms with Gasteiger partial charge in [0.15, 0.2) is 0 Å². The van der Waals surface area contributed by atoms with Gasteiger partial charge in [-0.1, -0.05) is 0 Å². The van der Waals surface area contributed by atoms with E-state index in [1.807, 2.05) is 24.1 Å². The van der Waals surface area contributed by atoms with E-state index >= 15 is 0 Å². The van der Waals surface area contributed by atoms with E-state index in [2.05, 4.69) is 4.98 Å². The Kier molecular flexibility index (Phi) is 3.66. The van der Waals surface area contributed by atoms with E-state index in [4.69, 9.17) is 5.73 Å². The second-order valence-corrected chi connectivity index (χ2v) is 4.38. The first-order valence-corrected chi connectivity index (χ1v) is 5.01. The maximum Gasteiger partial charge on any atom is 0.0765 e. The Morgan fingerprint density at radius 3 is 2.53 bits per heavy atom. The number of pyridine rings is 1. The minimum Gasteiger partial charge on any atom is -0.389 e. The third-order valence-corrected chi connectivity index (χ3v) is 2.08. The first kappa shape index (κ1) is 11.9. The van der Waals surface area contributed by atoms with Crippen LogP contribution in [0.25, 0.3) is 0 Å². The molecule has 1 aromatic rings. The molecule has 0 aliphatic rings. The molecule has 0 spiro atoms. The highest BCUT2D eigenvalue weighted by atomic mass is 16.3. The number of hydrogen-bond acceptors (Lipinski definition) is 4. The molecule has 4 nitrogen and oxygen atoms in total. The molecule has 1 aromatic heterocycles. The number of rotatable bonds is 4. The van der Waals surface area contributed by atoms with Gasteiger partial charge in [-0.15, -0.1) is 0 Å². The molecule has 0 fully saturated rings. The van der Waals surface area contributed by atoms with E-state index < -0.39 is 5.60 Å². The van der Waals surface area contributed by atoms with Crippen molar-refractivity contribution in [1.82, 2.24) is 4.98 Å². The second kappa shape index (κ2) is 4.59. The molecule has 1 rings (SSSR count). The SMILES string of the molecule is CN(CC(C)(C)O)c1ccc(CN)nc1. The molecule has 0 atom stereocenters. The summed E-state index contributed by atoms with van der Waals surface area (Å²) in [7, 11) is 1.93. The Balaban J connectivity index is 2.70. The zero-order valence-electron chi connectivity index (χ0n) is 9.57. The molecule has 0 saturated heterocycles. The molecule has 0 aliphatic heterocycles. The summed E-state index contributed by atoms with van der Waals surface area (Å²) in [4.78, 5) is 6.17. The van der Waals surface area contributed by atoms with E-state index in [1.165, 1.54) is 0 Å². The van der Waals surface area contributed by atoms with Gasteiger partial charge in [-0.25, -0.2) is 0 Å². The first-order valence-electron chi connectivity index (χ1n) is 5.01. The molecular weight excluding hydrogens is 190 g/mol. The molecule has 84 valence electrons. The molecule has 0 saturated carbocycles. The van der Waals surface area contributed by atoms with Crippen LogP contribution < -0.4 is 10.6 Å². The summed E-state index contributed by atoms with van der Waals surface area (Å²) in [5, 5.41) is 9.67. The lowest BCUT2D eigenvalue weighted by Crippen LogP contribution is -2.36. The summed E-state index contributed by atoms with van der Waals surface area (Å²) in [6, 6.07) is 3.86. The van der Waals surface area contributed by atoms with Gasteiger partial charge in [-0.2, -0.15) is 0 Å². The van der Waals surface area contributed by atoms with Gasteiger partial charge in [0.2, 0.25) is 0 Å². The van der Waals surface area contributed by atoms with Crippen LogP contribution in [0, 0.1) is 0 Å². The highest BCUT2D eigenvalue weighted by Gasteiger charge is 2.15. The zero-order valence-corrected chi connectivity index (χ0v) is 9.57. The van der Waals surface area contributed by atoms with Gasteiger partial charge in [0.1, 0.15) is 0 Å². The van der Waals surface area contributed by atoms with Crippen LogP contribution in [-0.4, -0.2) is 29.3 Å². The summed E-state index contributed by atoms with van der Waals surface area (Å²) >= 11 is 0. The predicted octanol–water partition coefficient (Wildman–Crippen LogP) is 0.747. The maximum atomic E-state index is 9.67. The van der Waals surface area contributed by atoms with Crippen LogP contribution in [0.4, 0.5) is 5.69 Å². The molecule has 4 heteroatoms. The Morgan fingerprint density at radius 2 is 2.13 bits per heavy atom. The van der Waals surface area contributed by atoms with Crippen LogP contribution in [0.3, 0.4) is 0 Å². The highest BCUT2D eigenvalue weighted by molar-refractivity contribution is 5.43. The number of anilines is 1. The predicted molar refractivity (Wildman–Crippen MR) is 61.7 cm³/mol. The second-order valence-electron chi connectivity index (χ2n) is 4.38.